The van der Waals surface area contributed by atoms with Crippen LogP contribution in [0.2, 0.25) is 0 Å². The quantitative estimate of drug-likeness (QED) is 0.465. The van der Waals surface area contributed by atoms with Crippen LogP contribution in [0.5, 0.6) is 0 Å². The number of likely N-dealkylation sites (N-methyl/N-ethyl adjacent to an activating group) is 1. The Balaban J connectivity index is 2.46. The van der Waals surface area contributed by atoms with Gasteiger partial charge in [0.2, 0.25) is 0 Å². The van der Waals surface area contributed by atoms with E-state index in [2.05, 4.69) is 5.32 Å². The maximum Gasteiger partial charge on any atom is 0.263 e. The minimum absolute atomic E-state index is 0.0261. The largest absolute Gasteiger partial charge is 0.302 e. The van der Waals surface area contributed by atoms with Crippen molar-refractivity contribution >= 4 is 5.91 Å². The second-order valence-corrected chi connectivity index (χ2v) is 2.69. The molecule has 0 bridgehead atoms. The summed E-state index contributed by atoms with van der Waals surface area (Å²) in [5, 5.41) is 4.32. The molecule has 0 saturated carbocycles. The number of carbonyl (C=O) groups excluding carboxylic acids is 1. The first-order valence-electron chi connectivity index (χ1n) is 3.95. The number of nitrogens with one attached hydrogen (secondary N) is 1. The van der Waals surface area contributed by atoms with E-state index < -0.39 is 0 Å². The molecule has 0 aliphatic carbocycles. The van der Waals surface area contributed by atoms with Gasteiger partial charge in [0.25, 0.3) is 5.91 Å². The summed E-state index contributed by atoms with van der Waals surface area (Å²) in [5.41, 5.74) is 0. The fraction of sp³-hybridized carbons (Fsp3) is 0.625. The van der Waals surface area contributed by atoms with Crippen LogP contribution in [0.3, 0.4) is 0 Å². The number of rotatable bonds is 2. The lowest BCUT2D eigenvalue weighted by molar-refractivity contribution is -0.171. The van der Waals surface area contributed by atoms with Crippen LogP contribution in [0.15, 0.2) is 12.2 Å². The first-order valence-corrected chi connectivity index (χ1v) is 3.95. The van der Waals surface area contributed by atoms with Gasteiger partial charge in [-0.1, -0.05) is 12.2 Å². The summed E-state index contributed by atoms with van der Waals surface area (Å²) >= 11 is 0. The Morgan fingerprint density at radius 3 is 2.92 bits per heavy atom. The Hall–Kier alpha value is -0.870. The predicted octanol–water partition coefficient (Wildman–Crippen LogP) is -0.0757. The number of carbonyl (C=O) groups is 1. The third-order valence-electron chi connectivity index (χ3n) is 1.90. The van der Waals surface area contributed by atoms with Crippen molar-refractivity contribution in [3.63, 3.8) is 0 Å². The van der Waals surface area contributed by atoms with E-state index in [1.165, 1.54) is 12.2 Å². The Labute approximate surface area is 72.1 Å². The highest BCUT2D eigenvalue weighted by molar-refractivity contribution is 5.81. The molecule has 12 heavy (non-hydrogen) atoms. The van der Waals surface area contributed by atoms with E-state index in [1.807, 2.05) is 12.2 Å². The highest BCUT2D eigenvalue weighted by atomic mass is 16.7. The molecular formula is C8H14N2O2. The van der Waals surface area contributed by atoms with Crippen molar-refractivity contribution in [1.29, 1.82) is 0 Å². The molecule has 0 spiro atoms. The van der Waals surface area contributed by atoms with E-state index >= 15 is 0 Å². The monoisotopic (exact) mass is 170 g/mol. The Bertz CT molecular complexity index is 191. The molecule has 1 aliphatic rings. The molecule has 1 N–H and O–H groups in total. The van der Waals surface area contributed by atoms with Gasteiger partial charge in [-0.15, -0.1) is 0 Å². The molecule has 0 unspecified atom stereocenters. The number of nitrogens with zero attached hydrogens (tertiary/aromatic N) is 1. The summed E-state index contributed by atoms with van der Waals surface area (Å²) < 4.78 is 0. The van der Waals surface area contributed by atoms with Crippen LogP contribution < -0.4 is 5.32 Å². The van der Waals surface area contributed by atoms with Gasteiger partial charge in [0.1, 0.15) is 0 Å². The first-order chi connectivity index (χ1) is 5.75. The summed E-state index contributed by atoms with van der Waals surface area (Å²) in [6, 6.07) is -0.125. The average molecular weight is 170 g/mol. The lowest BCUT2D eigenvalue weighted by atomic mass is 10.1. The fourth-order valence-corrected chi connectivity index (χ4v) is 1.11. The summed E-state index contributed by atoms with van der Waals surface area (Å²) in [4.78, 5) is 16.2. The third-order valence-corrected chi connectivity index (χ3v) is 1.90. The molecule has 1 aliphatic heterocycles. The Morgan fingerprint density at radius 2 is 2.42 bits per heavy atom. The van der Waals surface area contributed by atoms with E-state index in [0.29, 0.717) is 0 Å². The van der Waals surface area contributed by atoms with Crippen LogP contribution in [0.4, 0.5) is 0 Å². The van der Waals surface area contributed by atoms with E-state index in [4.69, 9.17) is 4.84 Å². The Kier molecular flexibility index (Phi) is 3.25. The highest BCUT2D eigenvalue weighted by Gasteiger charge is 2.21. The SMILES string of the molecule is CON(C)C(=O)[C@@H]1CC=CCN1. The van der Waals surface area contributed by atoms with E-state index in [0.717, 1.165) is 13.0 Å². The molecule has 68 valence electrons. The maximum atomic E-state index is 11.4. The minimum atomic E-state index is -0.125. The molecule has 4 nitrogen and oxygen atoms in total. The molecule has 0 radical (unpaired) electrons. The van der Waals surface area contributed by atoms with Gasteiger partial charge < -0.3 is 5.32 Å². The first kappa shape index (κ1) is 9.22. The highest BCUT2D eigenvalue weighted by Crippen LogP contribution is 2.02. The minimum Gasteiger partial charge on any atom is -0.302 e. The molecule has 0 aromatic rings. The van der Waals surface area contributed by atoms with Gasteiger partial charge in [0.05, 0.1) is 13.2 Å². The fourth-order valence-electron chi connectivity index (χ4n) is 1.11. The maximum absolute atomic E-state index is 11.4. The van der Waals surface area contributed by atoms with Crippen molar-refractivity contribution in [2.75, 3.05) is 20.7 Å². The van der Waals surface area contributed by atoms with Crippen LogP contribution in [0.1, 0.15) is 6.42 Å². The molecular weight excluding hydrogens is 156 g/mol. The van der Waals surface area contributed by atoms with Gasteiger partial charge >= 0.3 is 0 Å². The zero-order valence-corrected chi connectivity index (χ0v) is 7.41. The zero-order valence-electron chi connectivity index (χ0n) is 7.41. The normalized spacial score (nSPS) is 22.3. The van der Waals surface area contributed by atoms with Crippen LogP contribution >= 0.6 is 0 Å². The Morgan fingerprint density at radius 1 is 1.67 bits per heavy atom. The smallest absolute Gasteiger partial charge is 0.263 e. The lowest BCUT2D eigenvalue weighted by Gasteiger charge is -2.23. The van der Waals surface area contributed by atoms with E-state index in [9.17, 15) is 4.79 Å². The van der Waals surface area contributed by atoms with Gasteiger partial charge in [-0.25, -0.2) is 5.06 Å². The average Bonchev–Trinajstić information content (AvgIpc) is 2.17. The van der Waals surface area contributed by atoms with Gasteiger partial charge in [-0.2, -0.15) is 0 Å². The molecule has 4 heteroatoms. The van der Waals surface area contributed by atoms with Crippen LogP contribution in [-0.4, -0.2) is 37.7 Å². The number of amides is 1. The van der Waals surface area contributed by atoms with Crippen molar-refractivity contribution in [2.24, 2.45) is 0 Å². The summed E-state index contributed by atoms with van der Waals surface area (Å²) in [7, 11) is 3.10. The van der Waals surface area contributed by atoms with E-state index in [1.54, 1.807) is 7.05 Å². The van der Waals surface area contributed by atoms with Gasteiger partial charge in [-0.05, 0) is 6.42 Å². The van der Waals surface area contributed by atoms with Gasteiger partial charge in [0.15, 0.2) is 0 Å². The number of hydrogen-bond acceptors (Lipinski definition) is 3. The van der Waals surface area contributed by atoms with Crippen molar-refractivity contribution in [3.8, 4) is 0 Å². The standard InChI is InChI=1S/C8H14N2O2/c1-10(12-2)8(11)7-5-3-4-6-9-7/h3-4,7,9H,5-6H2,1-2H3/t7-/m0/s1. The second-order valence-electron chi connectivity index (χ2n) is 2.69. The van der Waals surface area contributed by atoms with Crippen LogP contribution in [0.25, 0.3) is 0 Å². The third kappa shape index (κ3) is 2.06. The number of hydrogen-bond donors (Lipinski definition) is 1. The van der Waals surface area contributed by atoms with Gasteiger partial charge in [0, 0.05) is 13.6 Å². The summed E-state index contributed by atoms with van der Waals surface area (Å²) in [5.74, 6) is -0.0261. The number of hydroxylamine groups is 2. The second kappa shape index (κ2) is 4.23. The van der Waals surface area contributed by atoms with Crippen molar-refractivity contribution < 1.29 is 9.63 Å². The van der Waals surface area contributed by atoms with Crippen LogP contribution in [0, 0.1) is 0 Å². The van der Waals surface area contributed by atoms with E-state index in [-0.39, 0.29) is 11.9 Å². The van der Waals surface area contributed by atoms with Crippen molar-refractivity contribution in [3.05, 3.63) is 12.2 Å². The molecule has 0 saturated heterocycles. The molecule has 0 aromatic heterocycles. The van der Waals surface area contributed by atoms with Gasteiger partial charge in [-0.3, -0.25) is 9.63 Å². The van der Waals surface area contributed by atoms with Crippen LogP contribution in [-0.2, 0) is 9.63 Å². The van der Waals surface area contributed by atoms with Crippen molar-refractivity contribution in [1.82, 2.24) is 10.4 Å². The summed E-state index contributed by atoms with van der Waals surface area (Å²) in [6.45, 7) is 0.758. The lowest BCUT2D eigenvalue weighted by Crippen LogP contribution is -2.45. The molecule has 1 rings (SSSR count). The van der Waals surface area contributed by atoms with Crippen molar-refractivity contribution in [2.45, 2.75) is 12.5 Å². The molecule has 0 fully saturated rings. The molecule has 1 heterocycles. The molecule has 1 atom stereocenters. The predicted molar refractivity (Wildman–Crippen MR) is 45.3 cm³/mol. The molecule has 0 aromatic carbocycles. The molecule has 1 amide bonds. The zero-order chi connectivity index (χ0) is 8.97. The topological polar surface area (TPSA) is 41.6 Å². The summed E-state index contributed by atoms with van der Waals surface area (Å²) in [6.07, 6.45) is 4.76.